The van der Waals surface area contributed by atoms with E-state index in [0.717, 1.165) is 30.4 Å². The van der Waals surface area contributed by atoms with Gasteiger partial charge in [0, 0.05) is 23.9 Å². The van der Waals surface area contributed by atoms with Gasteiger partial charge < -0.3 is 5.32 Å². The van der Waals surface area contributed by atoms with Gasteiger partial charge in [0.25, 0.3) is 0 Å². The summed E-state index contributed by atoms with van der Waals surface area (Å²) in [5.74, 6) is -0.407. The van der Waals surface area contributed by atoms with Gasteiger partial charge in [-0.2, -0.15) is 0 Å². The molecule has 2 aliphatic rings. The van der Waals surface area contributed by atoms with Gasteiger partial charge in [0.15, 0.2) is 0 Å². The zero-order valence-corrected chi connectivity index (χ0v) is 13.2. The maximum absolute atomic E-state index is 13.2. The molecule has 2 bridgehead atoms. The molecule has 1 heterocycles. The molecule has 2 nitrogen and oxygen atoms in total. The maximum atomic E-state index is 13.2. The second kappa shape index (κ2) is 6.10. The summed E-state index contributed by atoms with van der Waals surface area (Å²) in [5.41, 5.74) is 1.87. The highest BCUT2D eigenvalue weighted by molar-refractivity contribution is 5.86. The Labute approximate surface area is 139 Å². The number of fused-ring (bicyclic) bond motifs is 2. The number of nitrogens with one attached hydrogen (secondary N) is 1. The third kappa shape index (κ3) is 2.65. The van der Waals surface area contributed by atoms with Crippen molar-refractivity contribution >= 4 is 5.78 Å². The van der Waals surface area contributed by atoms with Crippen LogP contribution >= 0.6 is 0 Å². The van der Waals surface area contributed by atoms with Gasteiger partial charge in [0.1, 0.15) is 17.4 Å². The Hall–Kier alpha value is -2.07. The molecule has 2 aromatic rings. The average molecular weight is 327 g/mol. The number of piperidine rings is 1. The second-order valence-electron chi connectivity index (χ2n) is 6.77. The lowest BCUT2D eigenvalue weighted by Crippen LogP contribution is -2.50. The van der Waals surface area contributed by atoms with Crippen LogP contribution < -0.4 is 5.32 Å². The highest BCUT2D eigenvalue weighted by Crippen LogP contribution is 2.45. The number of Topliss-reactive ketones (excluding diaryl/α,β-unsaturated/α-hetero) is 1. The number of hydrogen-bond donors (Lipinski definition) is 1. The Bertz CT molecular complexity index is 680. The molecule has 1 saturated heterocycles. The molecule has 1 aliphatic heterocycles. The summed E-state index contributed by atoms with van der Waals surface area (Å²) in [5, 5.41) is 3.59. The lowest BCUT2D eigenvalue weighted by Gasteiger charge is -2.45. The number of ketones is 1. The van der Waals surface area contributed by atoms with Crippen molar-refractivity contribution < 1.29 is 13.6 Å². The van der Waals surface area contributed by atoms with Crippen LogP contribution in [0.2, 0.25) is 0 Å². The summed E-state index contributed by atoms with van der Waals surface area (Å²) in [4.78, 5) is 12.9. The smallest absolute Gasteiger partial charge is 0.142 e. The van der Waals surface area contributed by atoms with E-state index in [4.69, 9.17) is 0 Å². The zero-order valence-electron chi connectivity index (χ0n) is 13.2. The maximum Gasteiger partial charge on any atom is 0.142 e. The van der Waals surface area contributed by atoms with Crippen molar-refractivity contribution in [1.29, 1.82) is 0 Å². The minimum Gasteiger partial charge on any atom is -0.302 e. The predicted molar refractivity (Wildman–Crippen MR) is 87.3 cm³/mol. The van der Waals surface area contributed by atoms with Crippen LogP contribution in [0.1, 0.15) is 42.5 Å². The molecule has 24 heavy (non-hydrogen) atoms. The molecule has 4 unspecified atom stereocenters. The van der Waals surface area contributed by atoms with Crippen molar-refractivity contribution in [3.8, 4) is 0 Å². The van der Waals surface area contributed by atoms with Crippen molar-refractivity contribution in [2.45, 2.75) is 31.3 Å². The van der Waals surface area contributed by atoms with Gasteiger partial charge in [-0.15, -0.1) is 0 Å². The molecule has 0 spiro atoms. The van der Waals surface area contributed by atoms with Crippen LogP contribution in [0.4, 0.5) is 8.78 Å². The standard InChI is InChI=1S/C20H19F2NO/c21-14-8-4-12(5-9-14)18-16-2-1-3-17(20(16)24)19(23-18)13-6-10-15(22)11-7-13/h4-11,16-19,23H,1-3H2. The number of halogens is 2. The predicted octanol–water partition coefficient (Wildman–Crippen LogP) is 4.34. The van der Waals surface area contributed by atoms with Crippen LogP contribution in [-0.2, 0) is 4.79 Å². The highest BCUT2D eigenvalue weighted by Gasteiger charge is 2.46. The summed E-state index contributed by atoms with van der Waals surface area (Å²) in [6, 6.07) is 12.5. The van der Waals surface area contributed by atoms with Crippen molar-refractivity contribution in [3.63, 3.8) is 0 Å². The molecule has 1 N–H and O–H groups in total. The van der Waals surface area contributed by atoms with Gasteiger partial charge in [-0.25, -0.2) is 8.78 Å². The van der Waals surface area contributed by atoms with Crippen molar-refractivity contribution in [3.05, 3.63) is 71.3 Å². The van der Waals surface area contributed by atoms with Crippen molar-refractivity contribution in [2.24, 2.45) is 11.8 Å². The van der Waals surface area contributed by atoms with Gasteiger partial charge in [-0.3, -0.25) is 4.79 Å². The Morgan fingerprint density at radius 1 is 0.750 bits per heavy atom. The molecule has 2 fully saturated rings. The first-order chi connectivity index (χ1) is 11.6. The van der Waals surface area contributed by atoms with Crippen LogP contribution in [0.15, 0.2) is 48.5 Å². The van der Waals surface area contributed by atoms with E-state index >= 15 is 0 Å². The number of benzene rings is 2. The highest BCUT2D eigenvalue weighted by atomic mass is 19.1. The summed E-state index contributed by atoms with van der Waals surface area (Å²) >= 11 is 0. The average Bonchev–Trinajstić information content (AvgIpc) is 2.57. The molecule has 124 valence electrons. The summed E-state index contributed by atoms with van der Waals surface area (Å²) in [7, 11) is 0. The zero-order chi connectivity index (χ0) is 16.7. The Morgan fingerprint density at radius 3 is 1.58 bits per heavy atom. The fourth-order valence-electron chi connectivity index (χ4n) is 4.20. The third-order valence-electron chi connectivity index (χ3n) is 5.38. The summed E-state index contributed by atoms with van der Waals surface area (Å²) in [6.45, 7) is 0. The van der Waals surface area contributed by atoms with Crippen LogP contribution in [0.25, 0.3) is 0 Å². The number of carbonyl (C=O) groups is 1. The fourth-order valence-corrected chi connectivity index (χ4v) is 4.20. The molecule has 1 saturated carbocycles. The van der Waals surface area contributed by atoms with Crippen LogP contribution in [0, 0.1) is 23.5 Å². The lowest BCUT2D eigenvalue weighted by atomic mass is 9.67. The first-order valence-electron chi connectivity index (χ1n) is 8.44. The molecule has 4 atom stereocenters. The van der Waals surface area contributed by atoms with Crippen LogP contribution in [-0.4, -0.2) is 5.78 Å². The van der Waals surface area contributed by atoms with Gasteiger partial charge in [-0.05, 0) is 48.2 Å². The normalized spacial score (nSPS) is 29.5. The third-order valence-corrected chi connectivity index (χ3v) is 5.38. The second-order valence-corrected chi connectivity index (χ2v) is 6.77. The number of rotatable bonds is 2. The summed E-state index contributed by atoms with van der Waals surface area (Å²) in [6.07, 6.45) is 2.74. The molecule has 1 aliphatic carbocycles. The lowest BCUT2D eigenvalue weighted by molar-refractivity contribution is -0.135. The minimum atomic E-state index is -0.280. The number of hydrogen-bond acceptors (Lipinski definition) is 2. The molecular formula is C20H19F2NO. The van der Waals surface area contributed by atoms with E-state index in [1.807, 2.05) is 0 Å². The van der Waals surface area contributed by atoms with E-state index < -0.39 is 0 Å². The Morgan fingerprint density at radius 2 is 1.17 bits per heavy atom. The first kappa shape index (κ1) is 15.5. The molecule has 0 amide bonds. The molecule has 4 rings (SSSR count). The van der Waals surface area contributed by atoms with Gasteiger partial charge in [-0.1, -0.05) is 30.7 Å². The van der Waals surface area contributed by atoms with E-state index in [2.05, 4.69) is 5.32 Å². The molecule has 0 radical (unpaired) electrons. The van der Waals surface area contributed by atoms with E-state index in [0.29, 0.717) is 0 Å². The van der Waals surface area contributed by atoms with Crippen molar-refractivity contribution in [2.75, 3.05) is 0 Å². The van der Waals surface area contributed by atoms with E-state index in [9.17, 15) is 13.6 Å². The SMILES string of the molecule is O=C1C2CCCC1C(c1ccc(F)cc1)NC2c1ccc(F)cc1. The van der Waals surface area contributed by atoms with Crippen molar-refractivity contribution in [1.82, 2.24) is 5.32 Å². The quantitative estimate of drug-likeness (QED) is 0.889. The monoisotopic (exact) mass is 327 g/mol. The van der Waals surface area contributed by atoms with Crippen LogP contribution in [0.3, 0.4) is 0 Å². The molecule has 4 heteroatoms. The van der Waals surface area contributed by atoms with Gasteiger partial charge >= 0.3 is 0 Å². The summed E-state index contributed by atoms with van der Waals surface area (Å²) < 4.78 is 26.5. The Kier molecular flexibility index (Phi) is 3.93. The molecule has 2 aromatic carbocycles. The van der Waals surface area contributed by atoms with E-state index in [1.165, 1.54) is 24.3 Å². The number of carbonyl (C=O) groups excluding carboxylic acids is 1. The first-order valence-corrected chi connectivity index (χ1v) is 8.44. The van der Waals surface area contributed by atoms with Gasteiger partial charge in [0.05, 0.1) is 0 Å². The largest absolute Gasteiger partial charge is 0.302 e. The van der Waals surface area contributed by atoms with E-state index in [1.54, 1.807) is 24.3 Å². The molecular weight excluding hydrogens is 308 g/mol. The Balaban J connectivity index is 1.71. The molecule has 0 aromatic heterocycles. The van der Waals surface area contributed by atoms with Gasteiger partial charge in [0.2, 0.25) is 0 Å². The fraction of sp³-hybridized carbons (Fsp3) is 0.350. The van der Waals surface area contributed by atoms with Crippen LogP contribution in [0.5, 0.6) is 0 Å². The van der Waals surface area contributed by atoms with E-state index in [-0.39, 0.29) is 41.3 Å². The minimum absolute atomic E-state index is 0.0640. The topological polar surface area (TPSA) is 29.1 Å².